The molecule has 0 bridgehead atoms. The fraction of sp³-hybridized carbons (Fsp3) is 0. The Balaban J connectivity index is 2.64. The summed E-state index contributed by atoms with van der Waals surface area (Å²) in [6, 6.07) is 3.89. The van der Waals surface area contributed by atoms with Gasteiger partial charge in [-0.2, -0.15) is 9.78 Å². The van der Waals surface area contributed by atoms with Crippen LogP contribution >= 0.6 is 0 Å². The highest BCUT2D eigenvalue weighted by atomic mass is 19.1. The van der Waals surface area contributed by atoms with Gasteiger partial charge in [0.05, 0.1) is 0 Å². The summed E-state index contributed by atoms with van der Waals surface area (Å²) >= 11 is 0. The smallest absolute Gasteiger partial charge is 0.356 e. The summed E-state index contributed by atoms with van der Waals surface area (Å²) in [5.41, 5.74) is -1.14. The average molecular weight is 240 g/mol. The lowest BCUT2D eigenvalue weighted by molar-refractivity contribution is 0.0690. The van der Waals surface area contributed by atoms with Gasteiger partial charge in [-0.25, -0.2) is 13.6 Å². The lowest BCUT2D eigenvalue weighted by Gasteiger charge is -2.05. The third-order valence-corrected chi connectivity index (χ3v) is 2.06. The maximum absolute atomic E-state index is 13.4. The normalized spacial score (nSPS) is 10.5. The molecule has 2 rings (SSSR count). The molecule has 0 aliphatic heterocycles. The molecule has 5 nitrogen and oxygen atoms in total. The first-order chi connectivity index (χ1) is 8.00. The minimum absolute atomic E-state index is 0.494. The fourth-order valence-electron chi connectivity index (χ4n) is 1.33. The van der Waals surface area contributed by atoms with E-state index in [-0.39, 0.29) is 0 Å². The number of hydrogen-bond donors (Lipinski definition) is 2. The Bertz CT molecular complexity index is 575. The van der Waals surface area contributed by atoms with Crippen LogP contribution < -0.4 is 0 Å². The van der Waals surface area contributed by atoms with E-state index in [1.165, 1.54) is 0 Å². The molecule has 2 N–H and O–H groups in total. The number of aromatic hydroxyl groups is 1. The summed E-state index contributed by atoms with van der Waals surface area (Å²) in [5.74, 6) is -3.98. The van der Waals surface area contributed by atoms with E-state index in [0.717, 1.165) is 24.3 Å². The second-order valence-electron chi connectivity index (χ2n) is 3.17. The predicted molar refractivity (Wildman–Crippen MR) is 52.1 cm³/mol. The van der Waals surface area contributed by atoms with Gasteiger partial charge in [0, 0.05) is 6.07 Å². The molecule has 7 heteroatoms. The Kier molecular flexibility index (Phi) is 2.51. The quantitative estimate of drug-likeness (QED) is 0.835. The number of aromatic carboxylic acids is 1. The summed E-state index contributed by atoms with van der Waals surface area (Å²) in [5, 5.41) is 21.4. The van der Waals surface area contributed by atoms with Crippen LogP contribution in [0.15, 0.2) is 24.3 Å². The van der Waals surface area contributed by atoms with Crippen molar-refractivity contribution in [2.75, 3.05) is 0 Å². The van der Waals surface area contributed by atoms with Gasteiger partial charge in [0.1, 0.15) is 5.69 Å². The summed E-state index contributed by atoms with van der Waals surface area (Å²) in [6.07, 6.45) is 0. The molecule has 0 saturated carbocycles. The summed E-state index contributed by atoms with van der Waals surface area (Å²) in [7, 11) is 0. The van der Waals surface area contributed by atoms with E-state index in [4.69, 9.17) is 5.11 Å². The number of para-hydroxylation sites is 1. The first kappa shape index (κ1) is 11.1. The third-order valence-electron chi connectivity index (χ3n) is 2.06. The molecule has 0 atom stereocenters. The zero-order valence-corrected chi connectivity index (χ0v) is 8.26. The maximum atomic E-state index is 13.4. The molecule has 88 valence electrons. The van der Waals surface area contributed by atoms with Crippen molar-refractivity contribution >= 4 is 5.97 Å². The van der Waals surface area contributed by atoms with Crippen molar-refractivity contribution < 1.29 is 23.8 Å². The number of carboxylic acids is 1. The van der Waals surface area contributed by atoms with E-state index < -0.39 is 34.9 Å². The first-order valence-corrected chi connectivity index (χ1v) is 4.47. The molecule has 0 aliphatic carbocycles. The number of nitrogens with zero attached hydrogens (tertiary/aromatic N) is 2. The SMILES string of the molecule is O=C(O)c1cc(O)n(-c2c(F)cccc2F)n1. The maximum Gasteiger partial charge on any atom is 0.356 e. The van der Waals surface area contributed by atoms with Gasteiger partial charge in [-0.15, -0.1) is 0 Å². The molecule has 0 radical (unpaired) electrons. The molecule has 1 aromatic heterocycles. The second-order valence-corrected chi connectivity index (χ2v) is 3.17. The molecule has 0 saturated heterocycles. The number of hydrogen-bond acceptors (Lipinski definition) is 3. The van der Waals surface area contributed by atoms with Gasteiger partial charge in [-0.1, -0.05) is 6.07 Å². The lowest BCUT2D eigenvalue weighted by atomic mass is 10.3. The molecule has 0 spiro atoms. The molecule has 0 aliphatic rings. The predicted octanol–water partition coefficient (Wildman–Crippen LogP) is 1.55. The molecular weight excluding hydrogens is 234 g/mol. The molecule has 1 heterocycles. The van der Waals surface area contributed by atoms with Crippen LogP contribution in [0.4, 0.5) is 8.78 Å². The first-order valence-electron chi connectivity index (χ1n) is 4.47. The van der Waals surface area contributed by atoms with Crippen LogP contribution in [0, 0.1) is 11.6 Å². The van der Waals surface area contributed by atoms with Crippen LogP contribution in [0.1, 0.15) is 10.5 Å². The molecule has 17 heavy (non-hydrogen) atoms. The van der Waals surface area contributed by atoms with Crippen molar-refractivity contribution in [3.8, 4) is 11.6 Å². The monoisotopic (exact) mass is 240 g/mol. The summed E-state index contributed by atoms with van der Waals surface area (Å²) in [6.45, 7) is 0. The Morgan fingerprint density at radius 2 is 1.88 bits per heavy atom. The van der Waals surface area contributed by atoms with E-state index in [1.807, 2.05) is 0 Å². The zero-order valence-electron chi connectivity index (χ0n) is 8.26. The zero-order chi connectivity index (χ0) is 12.6. The number of benzene rings is 1. The van der Waals surface area contributed by atoms with Crippen molar-refractivity contribution in [1.82, 2.24) is 9.78 Å². The number of rotatable bonds is 2. The van der Waals surface area contributed by atoms with Crippen LogP contribution in [-0.4, -0.2) is 26.0 Å². The Labute approximate surface area is 93.5 Å². The lowest BCUT2D eigenvalue weighted by Crippen LogP contribution is -2.05. The molecule has 0 amide bonds. The van der Waals surface area contributed by atoms with Crippen LogP contribution in [-0.2, 0) is 0 Å². The Morgan fingerprint density at radius 1 is 1.29 bits per heavy atom. The second kappa shape index (κ2) is 3.85. The van der Waals surface area contributed by atoms with Crippen molar-refractivity contribution in [2.45, 2.75) is 0 Å². The average Bonchev–Trinajstić information content (AvgIpc) is 2.61. The van der Waals surface area contributed by atoms with E-state index >= 15 is 0 Å². The van der Waals surface area contributed by atoms with E-state index in [2.05, 4.69) is 5.10 Å². The van der Waals surface area contributed by atoms with Crippen molar-refractivity contribution in [2.24, 2.45) is 0 Å². The molecule has 0 unspecified atom stereocenters. The number of carboxylic acid groups (broad SMARTS) is 1. The van der Waals surface area contributed by atoms with Crippen LogP contribution in [0.25, 0.3) is 5.69 Å². The van der Waals surface area contributed by atoms with Gasteiger partial charge in [0.2, 0.25) is 5.88 Å². The number of halogens is 2. The molecular formula is C10H6F2N2O3. The van der Waals surface area contributed by atoms with E-state index in [1.54, 1.807) is 0 Å². The summed E-state index contributed by atoms with van der Waals surface area (Å²) < 4.78 is 27.2. The van der Waals surface area contributed by atoms with E-state index in [0.29, 0.717) is 4.68 Å². The largest absolute Gasteiger partial charge is 0.493 e. The molecule has 2 aromatic rings. The highest BCUT2D eigenvalue weighted by Crippen LogP contribution is 2.22. The van der Waals surface area contributed by atoms with Crippen LogP contribution in [0.5, 0.6) is 5.88 Å². The van der Waals surface area contributed by atoms with Crippen LogP contribution in [0.3, 0.4) is 0 Å². The van der Waals surface area contributed by atoms with Crippen molar-refractivity contribution in [3.63, 3.8) is 0 Å². The molecule has 0 fully saturated rings. The highest BCUT2D eigenvalue weighted by molar-refractivity contribution is 5.85. The fourth-order valence-corrected chi connectivity index (χ4v) is 1.33. The highest BCUT2D eigenvalue weighted by Gasteiger charge is 2.18. The standard InChI is InChI=1S/C10H6F2N2O3/c11-5-2-1-3-6(12)9(5)14-8(15)4-7(13-14)10(16)17/h1-4,15H,(H,16,17). The van der Waals surface area contributed by atoms with E-state index in [9.17, 15) is 18.7 Å². The van der Waals surface area contributed by atoms with Gasteiger partial charge >= 0.3 is 5.97 Å². The summed E-state index contributed by atoms with van der Waals surface area (Å²) in [4.78, 5) is 10.6. The van der Waals surface area contributed by atoms with Crippen molar-refractivity contribution in [3.05, 3.63) is 41.6 Å². The van der Waals surface area contributed by atoms with Gasteiger partial charge in [-0.3, -0.25) is 0 Å². The Morgan fingerprint density at radius 3 is 2.35 bits per heavy atom. The van der Waals surface area contributed by atoms with Gasteiger partial charge in [0.25, 0.3) is 0 Å². The minimum Gasteiger partial charge on any atom is -0.493 e. The van der Waals surface area contributed by atoms with Gasteiger partial charge in [0.15, 0.2) is 17.3 Å². The van der Waals surface area contributed by atoms with Gasteiger partial charge in [-0.05, 0) is 12.1 Å². The Hall–Kier alpha value is -2.44. The van der Waals surface area contributed by atoms with Crippen LogP contribution in [0.2, 0.25) is 0 Å². The van der Waals surface area contributed by atoms with Gasteiger partial charge < -0.3 is 10.2 Å². The van der Waals surface area contributed by atoms with Crippen molar-refractivity contribution in [1.29, 1.82) is 0 Å². The number of aromatic nitrogens is 2. The minimum atomic E-state index is -1.41. The number of carbonyl (C=O) groups is 1. The molecule has 1 aromatic carbocycles. The third kappa shape index (κ3) is 1.82. The topological polar surface area (TPSA) is 75.3 Å².